The molecule has 0 saturated heterocycles. The Morgan fingerprint density at radius 2 is 2.09 bits per heavy atom. The molecule has 0 aromatic heterocycles. The monoisotopic (exact) mass is 341 g/mol. The first kappa shape index (κ1) is 17.6. The molecule has 0 radical (unpaired) electrons. The lowest BCUT2D eigenvalue weighted by atomic mass is 10.2. The molecule has 23 heavy (non-hydrogen) atoms. The van der Waals surface area contributed by atoms with Crippen LogP contribution in [0, 0.1) is 0 Å². The normalized spacial score (nSPS) is 17.6. The number of ether oxygens (including phenoxy) is 1. The van der Waals surface area contributed by atoms with Gasteiger partial charge < -0.3 is 15.0 Å². The molecule has 128 valence electrons. The number of benzene rings is 1. The van der Waals surface area contributed by atoms with Crippen LogP contribution in [0.4, 0.5) is 5.69 Å². The zero-order valence-electron chi connectivity index (χ0n) is 13.7. The summed E-state index contributed by atoms with van der Waals surface area (Å²) in [5.41, 5.74) is 0.464. The van der Waals surface area contributed by atoms with Crippen molar-refractivity contribution in [3.05, 3.63) is 24.3 Å². The van der Waals surface area contributed by atoms with E-state index in [0.717, 1.165) is 19.2 Å². The number of nitrogens with one attached hydrogen (secondary N) is 1. The first-order chi connectivity index (χ1) is 10.8. The highest BCUT2D eigenvalue weighted by atomic mass is 32.2. The number of carbonyl (C=O) groups is 1. The van der Waals surface area contributed by atoms with Gasteiger partial charge in [0.2, 0.25) is 10.0 Å². The summed E-state index contributed by atoms with van der Waals surface area (Å²) in [6.07, 6.45) is 1.10. The summed E-state index contributed by atoms with van der Waals surface area (Å²) in [5.74, 6) is 0.101. The summed E-state index contributed by atoms with van der Waals surface area (Å²) in [5, 5.41) is 2.80. The van der Waals surface area contributed by atoms with E-state index in [1.807, 2.05) is 19.0 Å². The zero-order chi connectivity index (χ0) is 17.0. The second-order valence-electron chi connectivity index (χ2n) is 5.82. The third kappa shape index (κ3) is 4.59. The van der Waals surface area contributed by atoms with Crippen molar-refractivity contribution in [1.29, 1.82) is 0 Å². The number of anilines is 1. The molecule has 1 aromatic carbocycles. The largest absolute Gasteiger partial charge is 0.476 e. The van der Waals surface area contributed by atoms with Crippen LogP contribution >= 0.6 is 0 Å². The average Bonchev–Trinajstić information content (AvgIpc) is 2.49. The van der Waals surface area contributed by atoms with Gasteiger partial charge in [-0.25, -0.2) is 8.42 Å². The third-order valence-electron chi connectivity index (χ3n) is 3.51. The summed E-state index contributed by atoms with van der Waals surface area (Å²) in [7, 11) is 0.455. The maximum absolute atomic E-state index is 12.3. The fraction of sp³-hybridized carbons (Fsp3) is 0.533. The van der Waals surface area contributed by atoms with Crippen molar-refractivity contribution in [2.24, 2.45) is 0 Å². The Bertz CT molecular complexity index is 660. The molecular weight excluding hydrogens is 318 g/mol. The second kappa shape index (κ2) is 7.18. The summed E-state index contributed by atoms with van der Waals surface area (Å²) < 4.78 is 30.9. The molecule has 1 amide bonds. The predicted octanol–water partition coefficient (Wildman–Crippen LogP) is 0.282. The van der Waals surface area contributed by atoms with Gasteiger partial charge in [0.15, 0.2) is 6.10 Å². The molecule has 2 rings (SSSR count). The lowest BCUT2D eigenvalue weighted by molar-refractivity contribution is -0.127. The number of para-hydroxylation sites is 2. The molecule has 1 aliphatic heterocycles. The van der Waals surface area contributed by atoms with Gasteiger partial charge in [-0.1, -0.05) is 12.1 Å². The van der Waals surface area contributed by atoms with Crippen LogP contribution in [0.15, 0.2) is 24.3 Å². The highest BCUT2D eigenvalue weighted by Gasteiger charge is 2.34. The van der Waals surface area contributed by atoms with Gasteiger partial charge in [-0.05, 0) is 39.2 Å². The summed E-state index contributed by atoms with van der Waals surface area (Å²) in [6, 6.07) is 6.82. The number of carbonyl (C=O) groups excluding carboxylic acids is 1. The summed E-state index contributed by atoms with van der Waals surface area (Å²) in [4.78, 5) is 14.3. The Morgan fingerprint density at radius 3 is 2.74 bits per heavy atom. The Balaban J connectivity index is 2.06. The molecule has 1 N–H and O–H groups in total. The van der Waals surface area contributed by atoms with E-state index in [9.17, 15) is 13.2 Å². The minimum atomic E-state index is -3.48. The Morgan fingerprint density at radius 1 is 1.39 bits per heavy atom. The van der Waals surface area contributed by atoms with Crippen molar-refractivity contribution in [3.63, 3.8) is 0 Å². The predicted molar refractivity (Wildman–Crippen MR) is 89.2 cm³/mol. The molecule has 8 heteroatoms. The van der Waals surface area contributed by atoms with Crippen LogP contribution in [0.5, 0.6) is 5.75 Å². The minimum Gasteiger partial charge on any atom is -0.476 e. The number of rotatable bonds is 6. The van der Waals surface area contributed by atoms with Gasteiger partial charge in [-0.15, -0.1) is 0 Å². The third-order valence-corrected chi connectivity index (χ3v) is 4.66. The van der Waals surface area contributed by atoms with Gasteiger partial charge in [-0.2, -0.15) is 0 Å². The lowest BCUT2D eigenvalue weighted by Gasteiger charge is -2.33. The molecule has 1 atom stereocenters. The first-order valence-corrected chi connectivity index (χ1v) is 9.29. The van der Waals surface area contributed by atoms with Gasteiger partial charge >= 0.3 is 0 Å². The van der Waals surface area contributed by atoms with Gasteiger partial charge in [-0.3, -0.25) is 9.10 Å². The molecule has 1 aromatic rings. The molecule has 1 aliphatic rings. The summed E-state index contributed by atoms with van der Waals surface area (Å²) in [6.45, 7) is 1.37. The van der Waals surface area contributed by atoms with Crippen LogP contribution in [-0.2, 0) is 14.8 Å². The number of amides is 1. The van der Waals surface area contributed by atoms with Gasteiger partial charge in [0.25, 0.3) is 5.91 Å². The number of hydrogen-bond donors (Lipinski definition) is 1. The highest BCUT2D eigenvalue weighted by Crippen LogP contribution is 2.34. The maximum Gasteiger partial charge on any atom is 0.263 e. The van der Waals surface area contributed by atoms with Crippen molar-refractivity contribution < 1.29 is 17.9 Å². The number of sulfonamides is 1. The Labute approximate surface area is 137 Å². The standard InChI is InChI=1S/C15H23N3O4S/c1-17(2)10-6-9-16-15(19)14-11-18(23(3,20)21)12-7-4-5-8-13(12)22-14/h4-5,7-8,14H,6,9-11H2,1-3H3,(H,16,19)/t14-/m0/s1. The zero-order valence-corrected chi connectivity index (χ0v) is 14.5. The molecule has 0 aliphatic carbocycles. The average molecular weight is 341 g/mol. The van der Waals surface area contributed by atoms with E-state index >= 15 is 0 Å². The van der Waals surface area contributed by atoms with Crippen LogP contribution in [0.2, 0.25) is 0 Å². The van der Waals surface area contributed by atoms with Crippen LogP contribution in [0.25, 0.3) is 0 Å². The van der Waals surface area contributed by atoms with Crippen molar-refractivity contribution >= 4 is 21.6 Å². The van der Waals surface area contributed by atoms with Gasteiger partial charge in [0.05, 0.1) is 18.5 Å². The molecule has 0 saturated carbocycles. The van der Waals surface area contributed by atoms with E-state index in [0.29, 0.717) is 18.0 Å². The Hall–Kier alpha value is -1.80. The van der Waals surface area contributed by atoms with E-state index in [1.165, 1.54) is 4.31 Å². The highest BCUT2D eigenvalue weighted by molar-refractivity contribution is 7.92. The van der Waals surface area contributed by atoms with E-state index < -0.39 is 16.1 Å². The van der Waals surface area contributed by atoms with E-state index in [1.54, 1.807) is 24.3 Å². The van der Waals surface area contributed by atoms with Crippen molar-refractivity contribution in [3.8, 4) is 5.75 Å². The van der Waals surface area contributed by atoms with Crippen molar-refractivity contribution in [2.45, 2.75) is 12.5 Å². The van der Waals surface area contributed by atoms with Crippen LogP contribution in [0.3, 0.4) is 0 Å². The minimum absolute atomic E-state index is 0.0185. The van der Waals surface area contributed by atoms with E-state index in [-0.39, 0.29) is 12.5 Å². The van der Waals surface area contributed by atoms with E-state index in [2.05, 4.69) is 5.32 Å². The van der Waals surface area contributed by atoms with Crippen LogP contribution in [0.1, 0.15) is 6.42 Å². The fourth-order valence-corrected chi connectivity index (χ4v) is 3.29. The van der Waals surface area contributed by atoms with E-state index in [4.69, 9.17) is 4.74 Å². The lowest BCUT2D eigenvalue weighted by Crippen LogP contribution is -2.50. The number of fused-ring (bicyclic) bond motifs is 1. The molecular formula is C15H23N3O4S. The molecule has 0 fully saturated rings. The maximum atomic E-state index is 12.3. The molecule has 0 spiro atoms. The topological polar surface area (TPSA) is 79.0 Å². The van der Waals surface area contributed by atoms with Gasteiger partial charge in [0, 0.05) is 6.54 Å². The quantitative estimate of drug-likeness (QED) is 0.752. The molecule has 0 unspecified atom stereocenters. The second-order valence-corrected chi connectivity index (χ2v) is 7.72. The van der Waals surface area contributed by atoms with Gasteiger partial charge in [0.1, 0.15) is 5.75 Å². The van der Waals surface area contributed by atoms with Crippen molar-refractivity contribution in [2.75, 3.05) is 44.3 Å². The number of nitrogens with zero attached hydrogens (tertiary/aromatic N) is 2. The molecule has 1 heterocycles. The molecule has 0 bridgehead atoms. The summed E-state index contributed by atoms with van der Waals surface area (Å²) >= 11 is 0. The Kier molecular flexibility index (Phi) is 5.48. The van der Waals surface area contributed by atoms with Crippen molar-refractivity contribution in [1.82, 2.24) is 10.2 Å². The SMILES string of the molecule is CN(C)CCCNC(=O)[C@@H]1CN(S(C)(=O)=O)c2ccccc2O1. The molecule has 7 nitrogen and oxygen atoms in total. The fourth-order valence-electron chi connectivity index (χ4n) is 2.37. The smallest absolute Gasteiger partial charge is 0.263 e. The number of hydrogen-bond acceptors (Lipinski definition) is 5. The van der Waals surface area contributed by atoms with Crippen LogP contribution < -0.4 is 14.4 Å². The van der Waals surface area contributed by atoms with Crippen LogP contribution in [-0.4, -0.2) is 65.3 Å². The first-order valence-electron chi connectivity index (χ1n) is 7.45.